The van der Waals surface area contributed by atoms with Crippen LogP contribution >= 0.6 is 11.3 Å². The third-order valence-electron chi connectivity index (χ3n) is 2.65. The molecule has 4 heterocycles. The maximum Gasteiger partial charge on any atom is 0.145 e. The lowest BCUT2D eigenvalue weighted by Gasteiger charge is -1.95. The highest BCUT2D eigenvalue weighted by Gasteiger charge is 2.09. The largest absolute Gasteiger partial charge is 0.262 e. The maximum atomic E-state index is 4.63. The fourth-order valence-corrected chi connectivity index (χ4v) is 2.85. The number of hydrogen-bond donors (Lipinski definition) is 0. The summed E-state index contributed by atoms with van der Waals surface area (Å²) in [6.07, 6.45) is 5.26. The van der Waals surface area contributed by atoms with E-state index >= 15 is 0 Å². The molecule has 0 saturated carbocycles. The van der Waals surface area contributed by atoms with Crippen LogP contribution in [-0.4, -0.2) is 19.9 Å². The Morgan fingerprint density at radius 3 is 2.94 bits per heavy atom. The molecule has 4 aromatic rings. The lowest BCUT2D eigenvalue weighted by Crippen LogP contribution is -1.84. The minimum Gasteiger partial charge on any atom is -0.262 e. The van der Waals surface area contributed by atoms with Gasteiger partial charge in [-0.3, -0.25) is 4.98 Å². The zero-order valence-corrected chi connectivity index (χ0v) is 9.48. The van der Waals surface area contributed by atoms with Gasteiger partial charge in [-0.2, -0.15) is 0 Å². The van der Waals surface area contributed by atoms with Crippen LogP contribution in [0.5, 0.6) is 0 Å². The van der Waals surface area contributed by atoms with Gasteiger partial charge in [0.1, 0.15) is 20.7 Å². The molecule has 0 spiro atoms. The predicted molar refractivity (Wildman–Crippen MR) is 68.0 cm³/mol. The lowest BCUT2D eigenvalue weighted by atomic mass is 10.3. The Balaban J connectivity index is 2.28. The highest BCUT2D eigenvalue weighted by atomic mass is 32.1. The van der Waals surface area contributed by atoms with E-state index in [9.17, 15) is 0 Å². The van der Waals surface area contributed by atoms with E-state index in [0.717, 1.165) is 31.6 Å². The van der Waals surface area contributed by atoms with Crippen LogP contribution in [0.25, 0.3) is 31.6 Å². The standard InChI is InChI=1S/C12H6N4S/c1-2-7-10-12(17-11(7)14-4-1)16-9-6-13-5-3-8(9)15-10/h1-6H. The quantitative estimate of drug-likeness (QED) is 0.472. The van der Waals surface area contributed by atoms with Gasteiger partial charge in [0.05, 0.1) is 11.7 Å². The fraction of sp³-hybridized carbons (Fsp3) is 0. The number of fused-ring (bicyclic) bond motifs is 4. The van der Waals surface area contributed by atoms with Crippen LogP contribution in [0.3, 0.4) is 0 Å². The van der Waals surface area contributed by atoms with Gasteiger partial charge in [-0.05, 0) is 18.2 Å². The molecule has 4 nitrogen and oxygen atoms in total. The van der Waals surface area contributed by atoms with Gasteiger partial charge >= 0.3 is 0 Å². The number of aromatic nitrogens is 4. The summed E-state index contributed by atoms with van der Waals surface area (Å²) in [5.41, 5.74) is 2.62. The molecule has 0 aliphatic heterocycles. The minimum absolute atomic E-state index is 0.826. The summed E-state index contributed by atoms with van der Waals surface area (Å²) in [6.45, 7) is 0. The van der Waals surface area contributed by atoms with Crippen molar-refractivity contribution in [3.63, 3.8) is 0 Å². The van der Waals surface area contributed by atoms with E-state index in [2.05, 4.69) is 19.9 Å². The lowest BCUT2D eigenvalue weighted by molar-refractivity contribution is 1.31. The number of pyridine rings is 2. The van der Waals surface area contributed by atoms with Crippen LogP contribution in [0.15, 0.2) is 36.8 Å². The number of thiophene rings is 1. The van der Waals surface area contributed by atoms with E-state index < -0.39 is 0 Å². The van der Waals surface area contributed by atoms with Crippen molar-refractivity contribution < 1.29 is 0 Å². The van der Waals surface area contributed by atoms with E-state index in [0.29, 0.717) is 0 Å². The average molecular weight is 238 g/mol. The minimum atomic E-state index is 0.826. The van der Waals surface area contributed by atoms with E-state index in [1.807, 2.05) is 18.2 Å². The molecule has 4 rings (SSSR count). The Hall–Kier alpha value is -2.14. The van der Waals surface area contributed by atoms with Gasteiger partial charge < -0.3 is 0 Å². The molecule has 0 amide bonds. The Kier molecular flexibility index (Phi) is 1.67. The Morgan fingerprint density at radius 2 is 1.94 bits per heavy atom. The van der Waals surface area contributed by atoms with Crippen molar-refractivity contribution in [2.24, 2.45) is 0 Å². The Bertz CT molecular complexity index is 847. The summed E-state index contributed by atoms with van der Waals surface area (Å²) in [5.74, 6) is 0. The van der Waals surface area contributed by atoms with Gasteiger partial charge in [-0.25, -0.2) is 15.0 Å². The van der Waals surface area contributed by atoms with Crippen LogP contribution in [0.4, 0.5) is 0 Å². The van der Waals surface area contributed by atoms with E-state index in [-0.39, 0.29) is 0 Å². The van der Waals surface area contributed by atoms with E-state index in [4.69, 9.17) is 0 Å². The van der Waals surface area contributed by atoms with Crippen molar-refractivity contribution in [3.05, 3.63) is 36.8 Å². The molecule has 0 aromatic carbocycles. The summed E-state index contributed by atoms with van der Waals surface area (Å²) < 4.78 is 0. The molecular formula is C12H6N4S. The molecule has 4 aromatic heterocycles. The first kappa shape index (κ1) is 8.95. The first-order chi connectivity index (χ1) is 8.42. The highest BCUT2D eigenvalue weighted by Crippen LogP contribution is 2.30. The topological polar surface area (TPSA) is 51.6 Å². The molecule has 0 unspecified atom stereocenters. The van der Waals surface area contributed by atoms with Crippen molar-refractivity contribution in [2.75, 3.05) is 0 Å². The van der Waals surface area contributed by atoms with Crippen LogP contribution in [0.1, 0.15) is 0 Å². The zero-order valence-electron chi connectivity index (χ0n) is 8.66. The number of hydrogen-bond acceptors (Lipinski definition) is 5. The second-order valence-electron chi connectivity index (χ2n) is 3.70. The van der Waals surface area contributed by atoms with Gasteiger partial charge in [0, 0.05) is 17.8 Å². The monoisotopic (exact) mass is 238 g/mol. The second kappa shape index (κ2) is 3.18. The van der Waals surface area contributed by atoms with Crippen molar-refractivity contribution in [1.82, 2.24) is 19.9 Å². The van der Waals surface area contributed by atoms with Gasteiger partial charge in [0.2, 0.25) is 0 Å². The fourth-order valence-electron chi connectivity index (χ4n) is 1.88. The molecule has 0 N–H and O–H groups in total. The summed E-state index contributed by atoms with van der Waals surface area (Å²) in [6, 6.07) is 5.83. The molecule has 0 aliphatic carbocycles. The molecule has 0 radical (unpaired) electrons. The molecule has 0 saturated heterocycles. The summed E-state index contributed by atoms with van der Waals surface area (Å²) in [4.78, 5) is 19.5. The third-order valence-corrected chi connectivity index (χ3v) is 3.65. The van der Waals surface area contributed by atoms with Crippen LogP contribution in [-0.2, 0) is 0 Å². The van der Waals surface area contributed by atoms with Crippen molar-refractivity contribution in [2.45, 2.75) is 0 Å². The third kappa shape index (κ3) is 1.23. The first-order valence-corrected chi connectivity index (χ1v) is 5.98. The molecule has 5 heteroatoms. The van der Waals surface area contributed by atoms with Crippen LogP contribution < -0.4 is 0 Å². The molecule has 0 aliphatic rings. The zero-order chi connectivity index (χ0) is 11.2. The molecule has 0 fully saturated rings. The van der Waals surface area contributed by atoms with Gasteiger partial charge in [-0.15, -0.1) is 0 Å². The predicted octanol–water partition coefficient (Wildman–Crippen LogP) is 2.79. The number of nitrogens with zero attached hydrogens (tertiary/aromatic N) is 4. The molecule has 0 bridgehead atoms. The highest BCUT2D eigenvalue weighted by molar-refractivity contribution is 7.25. The molecule has 0 atom stereocenters. The van der Waals surface area contributed by atoms with Gasteiger partial charge in [0.15, 0.2) is 0 Å². The van der Waals surface area contributed by atoms with Crippen molar-refractivity contribution in [3.8, 4) is 0 Å². The number of rotatable bonds is 0. The Morgan fingerprint density at radius 1 is 0.941 bits per heavy atom. The van der Waals surface area contributed by atoms with Crippen LogP contribution in [0, 0.1) is 0 Å². The second-order valence-corrected chi connectivity index (χ2v) is 4.68. The molecule has 80 valence electrons. The summed E-state index contributed by atoms with van der Waals surface area (Å²) >= 11 is 1.56. The van der Waals surface area contributed by atoms with Crippen LogP contribution in [0.2, 0.25) is 0 Å². The molecular weight excluding hydrogens is 232 g/mol. The van der Waals surface area contributed by atoms with E-state index in [1.165, 1.54) is 0 Å². The summed E-state index contributed by atoms with van der Waals surface area (Å²) in [5, 5.41) is 1.07. The van der Waals surface area contributed by atoms with Gasteiger partial charge in [0.25, 0.3) is 0 Å². The SMILES string of the molecule is c1cnc2sc3nc4cnccc4nc3c2c1. The first-order valence-electron chi connectivity index (χ1n) is 5.17. The molecule has 17 heavy (non-hydrogen) atoms. The normalized spacial score (nSPS) is 11.5. The van der Waals surface area contributed by atoms with E-state index in [1.54, 1.807) is 29.9 Å². The van der Waals surface area contributed by atoms with Gasteiger partial charge in [-0.1, -0.05) is 11.3 Å². The Labute approximate surface area is 100.0 Å². The summed E-state index contributed by atoms with van der Waals surface area (Å²) in [7, 11) is 0. The van der Waals surface area contributed by atoms with Crippen molar-refractivity contribution >= 4 is 42.9 Å². The maximum absolute atomic E-state index is 4.63. The smallest absolute Gasteiger partial charge is 0.145 e. The van der Waals surface area contributed by atoms with Crippen molar-refractivity contribution in [1.29, 1.82) is 0 Å². The average Bonchev–Trinajstić information content (AvgIpc) is 2.73.